The van der Waals surface area contributed by atoms with Gasteiger partial charge in [-0.2, -0.15) is 0 Å². The van der Waals surface area contributed by atoms with Gasteiger partial charge >= 0.3 is 0 Å². The number of ether oxygens (including phenoxy) is 1. The third kappa shape index (κ3) is 1.47. The van der Waals surface area contributed by atoms with Crippen LogP contribution in [0.25, 0.3) is 0 Å². The number of phenolic OH excluding ortho intramolecular Hbond substituents is 1. The highest BCUT2D eigenvalue weighted by atomic mass is 35.5. The largest absolute Gasteiger partial charge is 0.503 e. The van der Waals surface area contributed by atoms with Crippen LogP contribution in [0, 0.1) is 0 Å². The van der Waals surface area contributed by atoms with Crippen molar-refractivity contribution in [2.24, 2.45) is 0 Å². The number of aliphatic hydroxyl groups excluding tert-OH is 1. The lowest BCUT2D eigenvalue weighted by molar-refractivity contribution is 0.270. The Kier molecular flexibility index (Phi) is 2.78. The summed E-state index contributed by atoms with van der Waals surface area (Å²) in [6.07, 6.45) is 0. The zero-order valence-electron chi connectivity index (χ0n) is 6.54. The standard InChI is InChI=1S/C8H9ClO3/c1-12-8-5(4-10)2-3-6(9)7(8)11/h2-3,10-11H,4H2,1H3. The maximum absolute atomic E-state index is 9.34. The quantitative estimate of drug-likeness (QED) is 0.741. The Bertz CT molecular complexity index is 286. The fourth-order valence-electron chi connectivity index (χ4n) is 0.941. The maximum atomic E-state index is 9.34. The van der Waals surface area contributed by atoms with Gasteiger partial charge in [-0.05, 0) is 6.07 Å². The van der Waals surface area contributed by atoms with E-state index in [0.29, 0.717) is 5.56 Å². The first-order valence-electron chi connectivity index (χ1n) is 3.36. The molecule has 0 unspecified atom stereocenters. The van der Waals surface area contributed by atoms with Crippen LogP contribution < -0.4 is 4.74 Å². The normalized spacial score (nSPS) is 9.92. The summed E-state index contributed by atoms with van der Waals surface area (Å²) in [7, 11) is 1.41. The van der Waals surface area contributed by atoms with E-state index < -0.39 is 0 Å². The second-order valence-electron chi connectivity index (χ2n) is 2.25. The lowest BCUT2D eigenvalue weighted by atomic mass is 10.2. The topological polar surface area (TPSA) is 49.7 Å². The summed E-state index contributed by atoms with van der Waals surface area (Å²) in [6.45, 7) is -0.187. The summed E-state index contributed by atoms with van der Waals surface area (Å²) in [5.74, 6) is 0.0933. The Balaban J connectivity index is 3.25. The third-order valence-electron chi connectivity index (χ3n) is 1.54. The molecule has 12 heavy (non-hydrogen) atoms. The molecule has 0 atom stereocenters. The van der Waals surface area contributed by atoms with Crippen LogP contribution in [0.2, 0.25) is 5.02 Å². The van der Waals surface area contributed by atoms with Crippen molar-refractivity contribution < 1.29 is 14.9 Å². The molecule has 0 saturated carbocycles. The number of rotatable bonds is 2. The van der Waals surface area contributed by atoms with Gasteiger partial charge in [-0.3, -0.25) is 0 Å². The molecule has 1 aromatic carbocycles. The van der Waals surface area contributed by atoms with E-state index in [1.54, 1.807) is 6.07 Å². The van der Waals surface area contributed by atoms with Crippen LogP contribution in [-0.2, 0) is 6.61 Å². The minimum absolute atomic E-state index is 0.134. The summed E-state index contributed by atoms with van der Waals surface area (Å²) < 4.78 is 4.85. The molecule has 66 valence electrons. The molecule has 0 saturated heterocycles. The van der Waals surface area contributed by atoms with Crippen molar-refractivity contribution in [1.82, 2.24) is 0 Å². The van der Waals surface area contributed by atoms with Crippen molar-refractivity contribution in [2.75, 3.05) is 7.11 Å². The number of hydrogen-bond donors (Lipinski definition) is 2. The minimum atomic E-state index is -0.187. The number of halogens is 1. The summed E-state index contributed by atoms with van der Waals surface area (Å²) in [5, 5.41) is 18.4. The zero-order chi connectivity index (χ0) is 9.14. The van der Waals surface area contributed by atoms with E-state index >= 15 is 0 Å². The summed E-state index contributed by atoms with van der Waals surface area (Å²) >= 11 is 5.61. The molecule has 0 aromatic heterocycles. The molecule has 1 aromatic rings. The highest BCUT2D eigenvalue weighted by Gasteiger charge is 2.10. The molecule has 0 fully saturated rings. The van der Waals surface area contributed by atoms with E-state index in [9.17, 15) is 5.11 Å². The van der Waals surface area contributed by atoms with E-state index in [4.69, 9.17) is 21.4 Å². The van der Waals surface area contributed by atoms with Crippen LogP contribution in [0.15, 0.2) is 12.1 Å². The van der Waals surface area contributed by atoms with E-state index in [1.165, 1.54) is 13.2 Å². The summed E-state index contributed by atoms with van der Waals surface area (Å²) in [6, 6.07) is 3.10. The Morgan fingerprint density at radius 2 is 2.17 bits per heavy atom. The second-order valence-corrected chi connectivity index (χ2v) is 2.65. The smallest absolute Gasteiger partial charge is 0.177 e. The molecule has 0 radical (unpaired) electrons. The lowest BCUT2D eigenvalue weighted by Gasteiger charge is -2.08. The van der Waals surface area contributed by atoms with Crippen LogP contribution in [0.5, 0.6) is 11.5 Å². The fraction of sp³-hybridized carbons (Fsp3) is 0.250. The molecular formula is C8H9ClO3. The molecular weight excluding hydrogens is 180 g/mol. The van der Waals surface area contributed by atoms with Crippen molar-refractivity contribution in [3.8, 4) is 11.5 Å². The lowest BCUT2D eigenvalue weighted by Crippen LogP contribution is -1.92. The van der Waals surface area contributed by atoms with Gasteiger partial charge in [0.25, 0.3) is 0 Å². The van der Waals surface area contributed by atoms with Crippen molar-refractivity contribution in [2.45, 2.75) is 6.61 Å². The van der Waals surface area contributed by atoms with E-state index in [1.807, 2.05) is 0 Å². The molecule has 0 aliphatic rings. The predicted octanol–water partition coefficient (Wildman–Crippen LogP) is 1.55. The number of aliphatic hydroxyl groups is 1. The summed E-state index contributed by atoms with van der Waals surface area (Å²) in [4.78, 5) is 0. The average molecular weight is 189 g/mol. The van der Waals surface area contributed by atoms with Crippen molar-refractivity contribution in [3.63, 3.8) is 0 Å². The maximum Gasteiger partial charge on any atom is 0.177 e. The second kappa shape index (κ2) is 3.65. The molecule has 0 bridgehead atoms. The number of benzene rings is 1. The van der Waals surface area contributed by atoms with Gasteiger partial charge in [0.15, 0.2) is 11.5 Å². The monoisotopic (exact) mass is 188 g/mol. The predicted molar refractivity (Wildman–Crippen MR) is 45.6 cm³/mol. The van der Waals surface area contributed by atoms with Crippen molar-refractivity contribution in [1.29, 1.82) is 0 Å². The average Bonchev–Trinajstić information content (AvgIpc) is 2.09. The molecule has 0 heterocycles. The van der Waals surface area contributed by atoms with Gasteiger partial charge < -0.3 is 14.9 Å². The van der Waals surface area contributed by atoms with Crippen LogP contribution in [0.1, 0.15) is 5.56 Å². The van der Waals surface area contributed by atoms with E-state index in [2.05, 4.69) is 0 Å². The molecule has 1 rings (SSSR count). The zero-order valence-corrected chi connectivity index (χ0v) is 7.30. The van der Waals surface area contributed by atoms with Crippen LogP contribution in [-0.4, -0.2) is 17.3 Å². The van der Waals surface area contributed by atoms with Crippen LogP contribution >= 0.6 is 11.6 Å². The third-order valence-corrected chi connectivity index (χ3v) is 1.84. The number of hydrogen-bond acceptors (Lipinski definition) is 3. The molecule has 0 amide bonds. The number of aromatic hydroxyl groups is 1. The van der Waals surface area contributed by atoms with Crippen LogP contribution in [0.3, 0.4) is 0 Å². The fourth-order valence-corrected chi connectivity index (χ4v) is 1.09. The molecule has 3 nitrogen and oxygen atoms in total. The van der Waals surface area contributed by atoms with Gasteiger partial charge in [0, 0.05) is 5.56 Å². The van der Waals surface area contributed by atoms with Gasteiger partial charge in [0.1, 0.15) is 0 Å². The van der Waals surface area contributed by atoms with Gasteiger partial charge in [-0.15, -0.1) is 0 Å². The minimum Gasteiger partial charge on any atom is -0.503 e. The first-order chi connectivity index (χ1) is 5.70. The molecule has 0 aliphatic heterocycles. The van der Waals surface area contributed by atoms with Crippen molar-refractivity contribution in [3.05, 3.63) is 22.7 Å². The number of methoxy groups -OCH3 is 1. The molecule has 0 spiro atoms. The first-order valence-corrected chi connectivity index (χ1v) is 3.73. The van der Waals surface area contributed by atoms with Gasteiger partial charge in [0.2, 0.25) is 0 Å². The van der Waals surface area contributed by atoms with E-state index in [0.717, 1.165) is 0 Å². The Morgan fingerprint density at radius 1 is 1.50 bits per heavy atom. The molecule has 2 N–H and O–H groups in total. The van der Waals surface area contributed by atoms with Gasteiger partial charge in [0.05, 0.1) is 18.7 Å². The Labute approximate surface area is 75.2 Å². The van der Waals surface area contributed by atoms with E-state index in [-0.39, 0.29) is 23.1 Å². The first kappa shape index (κ1) is 9.16. The molecule has 0 aliphatic carbocycles. The SMILES string of the molecule is COc1c(CO)ccc(Cl)c1O. The number of phenols is 1. The highest BCUT2D eigenvalue weighted by Crippen LogP contribution is 2.36. The van der Waals surface area contributed by atoms with Crippen molar-refractivity contribution >= 4 is 11.6 Å². The Morgan fingerprint density at radius 3 is 2.67 bits per heavy atom. The van der Waals surface area contributed by atoms with Gasteiger partial charge in [-0.1, -0.05) is 17.7 Å². The summed E-state index contributed by atoms with van der Waals surface area (Å²) in [5.41, 5.74) is 0.513. The Hall–Kier alpha value is -0.930. The van der Waals surface area contributed by atoms with Gasteiger partial charge in [-0.25, -0.2) is 0 Å². The molecule has 4 heteroatoms. The highest BCUT2D eigenvalue weighted by molar-refractivity contribution is 6.32. The van der Waals surface area contributed by atoms with Crippen LogP contribution in [0.4, 0.5) is 0 Å².